The molecule has 0 saturated heterocycles. The van der Waals surface area contributed by atoms with Crippen LogP contribution in [0, 0.1) is 0 Å². The Morgan fingerprint density at radius 1 is 0.620 bits per heavy atom. The monoisotopic (exact) mass is 730 g/mol. The first-order valence-corrected chi connectivity index (χ1v) is 20.9. The summed E-state index contributed by atoms with van der Waals surface area (Å²) in [6.45, 7) is 2.23. The molecular formula is C39H71O10P. The van der Waals surface area contributed by atoms with Crippen molar-refractivity contribution in [2.75, 3.05) is 26.4 Å². The molecule has 3 N–H and O–H groups in total. The van der Waals surface area contributed by atoms with Gasteiger partial charge in [-0.1, -0.05) is 140 Å². The molecule has 3 atom stereocenters. The summed E-state index contributed by atoms with van der Waals surface area (Å²) in [7, 11) is -4.61. The highest BCUT2D eigenvalue weighted by atomic mass is 31.2. The highest BCUT2D eigenvalue weighted by molar-refractivity contribution is 7.47. The van der Waals surface area contributed by atoms with Gasteiger partial charge < -0.3 is 24.6 Å². The molecule has 10 nitrogen and oxygen atoms in total. The fourth-order valence-electron chi connectivity index (χ4n) is 5.07. The van der Waals surface area contributed by atoms with Gasteiger partial charge in [0.25, 0.3) is 0 Å². The summed E-state index contributed by atoms with van der Waals surface area (Å²) < 4.78 is 32.6. The minimum Gasteiger partial charge on any atom is -0.462 e. The number of aliphatic hydroxyl groups excluding tert-OH is 2. The van der Waals surface area contributed by atoms with E-state index in [2.05, 4.69) is 54.8 Å². The largest absolute Gasteiger partial charge is 0.472 e. The van der Waals surface area contributed by atoms with Crippen LogP contribution in [0.1, 0.15) is 162 Å². The summed E-state index contributed by atoms with van der Waals surface area (Å²) in [6.07, 6.45) is 34.0. The quantitative estimate of drug-likeness (QED) is 0.0246. The fourth-order valence-corrected chi connectivity index (χ4v) is 5.85. The number of unbranched alkanes of at least 4 members (excludes halogenated alkanes) is 16. The molecule has 0 fully saturated rings. The number of carbonyl (C=O) groups is 2. The zero-order valence-corrected chi connectivity index (χ0v) is 32.3. The molecule has 0 aromatic carbocycles. The molecule has 0 rings (SSSR count). The van der Waals surface area contributed by atoms with Crippen molar-refractivity contribution in [2.45, 2.75) is 174 Å². The summed E-state index contributed by atoms with van der Waals surface area (Å²) in [4.78, 5) is 34.8. The first kappa shape index (κ1) is 48.2. The number of phosphoric ester groups is 1. The first-order chi connectivity index (χ1) is 24.2. The lowest BCUT2D eigenvalue weighted by molar-refractivity contribution is -0.161. The number of hydrogen-bond donors (Lipinski definition) is 3. The highest BCUT2D eigenvalue weighted by Gasteiger charge is 2.27. The minimum atomic E-state index is -4.61. The lowest BCUT2D eigenvalue weighted by Crippen LogP contribution is -2.29. The maximum atomic E-state index is 12.5. The van der Waals surface area contributed by atoms with Gasteiger partial charge in [-0.25, -0.2) is 4.57 Å². The Hall–Kier alpha value is -1.81. The first-order valence-electron chi connectivity index (χ1n) is 19.4. The highest BCUT2D eigenvalue weighted by Crippen LogP contribution is 2.43. The summed E-state index contributed by atoms with van der Waals surface area (Å²) in [5.74, 6) is -0.944. The normalized spacial score (nSPS) is 14.4. The van der Waals surface area contributed by atoms with E-state index >= 15 is 0 Å². The van der Waals surface area contributed by atoms with Crippen LogP contribution in [0.25, 0.3) is 0 Å². The maximum absolute atomic E-state index is 12.5. The molecule has 11 heteroatoms. The molecule has 292 valence electrons. The third-order valence-corrected chi connectivity index (χ3v) is 9.01. The van der Waals surface area contributed by atoms with Crippen molar-refractivity contribution in [3.63, 3.8) is 0 Å². The van der Waals surface area contributed by atoms with Crippen molar-refractivity contribution >= 4 is 19.8 Å². The van der Waals surface area contributed by atoms with E-state index in [-0.39, 0.29) is 19.4 Å². The van der Waals surface area contributed by atoms with Crippen LogP contribution in [-0.4, -0.2) is 65.7 Å². The Morgan fingerprint density at radius 2 is 1.10 bits per heavy atom. The van der Waals surface area contributed by atoms with Gasteiger partial charge in [0.2, 0.25) is 0 Å². The zero-order valence-electron chi connectivity index (χ0n) is 31.4. The molecule has 0 spiro atoms. The van der Waals surface area contributed by atoms with Crippen LogP contribution < -0.4 is 0 Å². The molecular weight excluding hydrogens is 659 g/mol. The topological polar surface area (TPSA) is 149 Å². The number of allylic oxidation sites excluding steroid dienone is 6. The lowest BCUT2D eigenvalue weighted by atomic mass is 10.0. The molecule has 0 bridgehead atoms. The average molecular weight is 731 g/mol. The van der Waals surface area contributed by atoms with Gasteiger partial charge in [0.15, 0.2) is 6.10 Å². The van der Waals surface area contributed by atoms with E-state index in [1.165, 1.54) is 51.4 Å². The zero-order chi connectivity index (χ0) is 37.0. The molecule has 0 aromatic heterocycles. The van der Waals surface area contributed by atoms with Crippen molar-refractivity contribution in [3.8, 4) is 0 Å². The molecule has 0 heterocycles. The van der Waals surface area contributed by atoms with Crippen molar-refractivity contribution in [3.05, 3.63) is 36.5 Å². The van der Waals surface area contributed by atoms with Crippen LogP contribution in [-0.2, 0) is 32.7 Å². The number of carbonyl (C=O) groups excluding carboxylic acids is 2. The third-order valence-electron chi connectivity index (χ3n) is 8.06. The van der Waals surface area contributed by atoms with Gasteiger partial charge >= 0.3 is 19.8 Å². The molecule has 0 aliphatic heterocycles. The van der Waals surface area contributed by atoms with Crippen LogP contribution in [0.15, 0.2) is 36.5 Å². The third kappa shape index (κ3) is 34.6. The Labute approximate surface area is 303 Å². The summed E-state index contributed by atoms with van der Waals surface area (Å²) in [5.41, 5.74) is 0. The van der Waals surface area contributed by atoms with E-state index in [1.54, 1.807) is 0 Å². The molecule has 0 amide bonds. The second-order valence-electron chi connectivity index (χ2n) is 12.9. The van der Waals surface area contributed by atoms with Gasteiger partial charge in [-0.3, -0.25) is 18.6 Å². The Morgan fingerprint density at radius 3 is 1.66 bits per heavy atom. The number of aliphatic hydroxyl groups is 2. The van der Waals surface area contributed by atoms with E-state index in [9.17, 15) is 24.2 Å². The smallest absolute Gasteiger partial charge is 0.462 e. The van der Waals surface area contributed by atoms with Gasteiger partial charge in [0, 0.05) is 12.8 Å². The summed E-state index contributed by atoms with van der Waals surface area (Å²) in [5, 5.41) is 18.3. The van der Waals surface area contributed by atoms with Crippen LogP contribution in [0.2, 0.25) is 0 Å². The van der Waals surface area contributed by atoms with Gasteiger partial charge in [0.05, 0.1) is 19.8 Å². The number of ether oxygens (including phenoxy) is 2. The predicted molar refractivity (Wildman–Crippen MR) is 201 cm³/mol. The van der Waals surface area contributed by atoms with Crippen molar-refractivity contribution in [1.82, 2.24) is 0 Å². The SMILES string of the molecule is CC/C=C\C/C=C\C/C=C\CCCCCCCC(=O)O[C@H](COC(=O)CCCCCCCCCCCCCC)COP(=O)(O)OC[C@@H](O)CO. The van der Waals surface area contributed by atoms with E-state index < -0.39 is 51.8 Å². The lowest BCUT2D eigenvalue weighted by Gasteiger charge is -2.20. The molecule has 0 aliphatic rings. The van der Waals surface area contributed by atoms with Crippen LogP contribution in [0.5, 0.6) is 0 Å². The molecule has 0 aliphatic carbocycles. The number of phosphoric acid groups is 1. The standard InChI is InChI=1S/C39H71O10P/c1-3-5-7-9-11-13-15-17-18-19-21-23-25-27-29-31-39(43)49-37(35-48-50(44,45)47-33-36(41)32-40)34-46-38(42)30-28-26-24-22-20-16-14-12-10-8-6-4-2/h5,7,11,13,17-18,36-37,40-41H,3-4,6,8-10,12,14-16,19-35H2,1-2H3,(H,44,45)/b7-5-,13-11-,18-17-/t36-,37+/m0/s1. The average Bonchev–Trinajstić information content (AvgIpc) is 3.10. The summed E-state index contributed by atoms with van der Waals surface area (Å²) >= 11 is 0. The van der Waals surface area contributed by atoms with Crippen LogP contribution in [0.4, 0.5) is 0 Å². The van der Waals surface area contributed by atoms with Gasteiger partial charge in [-0.05, 0) is 44.9 Å². The van der Waals surface area contributed by atoms with E-state index in [0.29, 0.717) is 12.8 Å². The fraction of sp³-hybridized carbons (Fsp3) is 0.795. The maximum Gasteiger partial charge on any atom is 0.472 e. The predicted octanol–water partition coefficient (Wildman–Crippen LogP) is 9.61. The van der Waals surface area contributed by atoms with Gasteiger partial charge in [-0.2, -0.15) is 0 Å². The van der Waals surface area contributed by atoms with Gasteiger partial charge in [-0.15, -0.1) is 0 Å². The molecule has 0 radical (unpaired) electrons. The van der Waals surface area contributed by atoms with Crippen molar-refractivity contribution in [1.29, 1.82) is 0 Å². The Balaban J connectivity index is 4.39. The van der Waals surface area contributed by atoms with Crippen molar-refractivity contribution in [2.24, 2.45) is 0 Å². The minimum absolute atomic E-state index is 0.166. The van der Waals surface area contributed by atoms with Crippen LogP contribution in [0.3, 0.4) is 0 Å². The Bertz CT molecular complexity index is 936. The summed E-state index contributed by atoms with van der Waals surface area (Å²) in [6, 6.07) is 0. The molecule has 1 unspecified atom stereocenters. The number of esters is 2. The second kappa shape index (κ2) is 35.6. The second-order valence-corrected chi connectivity index (χ2v) is 14.4. The Kier molecular flexibility index (Phi) is 34.3. The molecule has 0 saturated carbocycles. The van der Waals surface area contributed by atoms with Crippen LogP contribution >= 0.6 is 7.82 Å². The van der Waals surface area contributed by atoms with E-state index in [4.69, 9.17) is 19.1 Å². The van der Waals surface area contributed by atoms with Gasteiger partial charge in [0.1, 0.15) is 12.7 Å². The van der Waals surface area contributed by atoms with E-state index in [1.807, 2.05) is 0 Å². The van der Waals surface area contributed by atoms with Crippen molar-refractivity contribution < 1.29 is 47.8 Å². The molecule has 50 heavy (non-hydrogen) atoms. The van der Waals surface area contributed by atoms with E-state index in [0.717, 1.165) is 70.6 Å². The molecule has 0 aromatic rings. The number of rotatable bonds is 36. The number of hydrogen-bond acceptors (Lipinski definition) is 9.